The Balaban J connectivity index is 2.55. The highest BCUT2D eigenvalue weighted by Crippen LogP contribution is 2.21. The molecular formula is C12H22N2O3. The van der Waals surface area contributed by atoms with Gasteiger partial charge in [0, 0.05) is 25.7 Å². The summed E-state index contributed by atoms with van der Waals surface area (Å²) in [5.41, 5.74) is 0. The van der Waals surface area contributed by atoms with E-state index in [-0.39, 0.29) is 12.5 Å². The maximum absolute atomic E-state index is 12.2. The van der Waals surface area contributed by atoms with Crippen LogP contribution in [-0.2, 0) is 4.79 Å². The molecule has 1 N–H and O–H groups in total. The van der Waals surface area contributed by atoms with Crippen LogP contribution in [0, 0.1) is 0 Å². The minimum absolute atomic E-state index is 0.00176. The molecule has 98 valence electrons. The first-order valence-electron chi connectivity index (χ1n) is 6.37. The largest absolute Gasteiger partial charge is 0.481 e. The van der Waals surface area contributed by atoms with Crippen molar-refractivity contribution in [2.45, 2.75) is 45.6 Å². The molecule has 0 aliphatic carbocycles. The number of likely N-dealkylation sites (tertiary alicyclic amines) is 1. The van der Waals surface area contributed by atoms with Crippen molar-refractivity contribution < 1.29 is 14.7 Å². The van der Waals surface area contributed by atoms with Gasteiger partial charge in [-0.25, -0.2) is 4.79 Å². The van der Waals surface area contributed by atoms with E-state index < -0.39 is 5.97 Å². The number of nitrogens with zero attached hydrogens (tertiary/aromatic N) is 2. The first kappa shape index (κ1) is 13.8. The van der Waals surface area contributed by atoms with E-state index in [1.165, 1.54) is 0 Å². The standard InChI is InChI=1S/C12H22N2O3/c1-3-10-6-5-8-14(10)12(17)13(4-2)9-7-11(15)16/h10H,3-9H2,1-2H3,(H,15,16). The number of carbonyl (C=O) groups excluding carboxylic acids is 1. The summed E-state index contributed by atoms with van der Waals surface area (Å²) in [5.74, 6) is -0.857. The van der Waals surface area contributed by atoms with E-state index >= 15 is 0 Å². The third-order valence-corrected chi connectivity index (χ3v) is 3.34. The number of aliphatic carboxylic acids is 1. The van der Waals surface area contributed by atoms with Crippen molar-refractivity contribution >= 4 is 12.0 Å². The Morgan fingerprint density at radius 1 is 1.41 bits per heavy atom. The molecule has 1 atom stereocenters. The van der Waals surface area contributed by atoms with Gasteiger partial charge in [-0.3, -0.25) is 4.79 Å². The summed E-state index contributed by atoms with van der Waals surface area (Å²) in [4.78, 5) is 26.3. The van der Waals surface area contributed by atoms with Gasteiger partial charge in [-0.2, -0.15) is 0 Å². The molecule has 5 nitrogen and oxygen atoms in total. The summed E-state index contributed by atoms with van der Waals surface area (Å²) in [6.45, 7) is 5.65. The van der Waals surface area contributed by atoms with Gasteiger partial charge in [-0.15, -0.1) is 0 Å². The fourth-order valence-corrected chi connectivity index (χ4v) is 2.31. The zero-order chi connectivity index (χ0) is 12.8. The van der Waals surface area contributed by atoms with Gasteiger partial charge in [0.2, 0.25) is 0 Å². The third-order valence-electron chi connectivity index (χ3n) is 3.34. The first-order chi connectivity index (χ1) is 8.10. The van der Waals surface area contributed by atoms with Gasteiger partial charge in [0.1, 0.15) is 0 Å². The highest BCUT2D eigenvalue weighted by Gasteiger charge is 2.29. The Morgan fingerprint density at radius 3 is 2.65 bits per heavy atom. The Kier molecular flexibility index (Phi) is 5.25. The minimum atomic E-state index is -0.857. The molecule has 5 heteroatoms. The summed E-state index contributed by atoms with van der Waals surface area (Å²) in [6.07, 6.45) is 3.12. The fraction of sp³-hybridized carbons (Fsp3) is 0.833. The lowest BCUT2D eigenvalue weighted by atomic mass is 10.2. The molecule has 1 aliphatic heterocycles. The second-order valence-electron chi connectivity index (χ2n) is 4.40. The molecule has 17 heavy (non-hydrogen) atoms. The van der Waals surface area contributed by atoms with E-state index in [2.05, 4.69) is 6.92 Å². The van der Waals surface area contributed by atoms with E-state index in [4.69, 9.17) is 5.11 Å². The Hall–Kier alpha value is -1.26. The lowest BCUT2D eigenvalue weighted by Gasteiger charge is -2.30. The van der Waals surface area contributed by atoms with Crippen LogP contribution in [0.3, 0.4) is 0 Å². The van der Waals surface area contributed by atoms with Crippen molar-refractivity contribution in [3.8, 4) is 0 Å². The maximum atomic E-state index is 12.2. The van der Waals surface area contributed by atoms with Crippen molar-refractivity contribution in [3.63, 3.8) is 0 Å². The number of urea groups is 1. The number of carbonyl (C=O) groups is 2. The number of carboxylic acid groups (broad SMARTS) is 1. The van der Waals surface area contributed by atoms with E-state index in [9.17, 15) is 9.59 Å². The Labute approximate surface area is 102 Å². The average Bonchev–Trinajstić information content (AvgIpc) is 2.77. The van der Waals surface area contributed by atoms with Crippen molar-refractivity contribution in [2.75, 3.05) is 19.6 Å². The smallest absolute Gasteiger partial charge is 0.320 e. The topological polar surface area (TPSA) is 60.9 Å². The predicted molar refractivity (Wildman–Crippen MR) is 64.9 cm³/mol. The number of amides is 2. The van der Waals surface area contributed by atoms with E-state index in [1.807, 2.05) is 11.8 Å². The fourth-order valence-electron chi connectivity index (χ4n) is 2.31. The van der Waals surface area contributed by atoms with Crippen molar-refractivity contribution in [1.82, 2.24) is 9.80 Å². The number of hydrogen-bond donors (Lipinski definition) is 1. The van der Waals surface area contributed by atoms with E-state index in [1.54, 1.807) is 4.90 Å². The summed E-state index contributed by atoms with van der Waals surface area (Å²) in [7, 11) is 0. The Morgan fingerprint density at radius 2 is 2.12 bits per heavy atom. The van der Waals surface area contributed by atoms with Gasteiger partial charge in [-0.1, -0.05) is 6.92 Å². The maximum Gasteiger partial charge on any atom is 0.320 e. The molecule has 1 saturated heterocycles. The molecule has 0 bridgehead atoms. The van der Waals surface area contributed by atoms with Crippen LogP contribution in [0.25, 0.3) is 0 Å². The highest BCUT2D eigenvalue weighted by molar-refractivity contribution is 5.76. The van der Waals surface area contributed by atoms with Crippen LogP contribution in [0.5, 0.6) is 0 Å². The lowest BCUT2D eigenvalue weighted by molar-refractivity contribution is -0.137. The summed E-state index contributed by atoms with van der Waals surface area (Å²) in [6, 6.07) is 0.333. The van der Waals surface area contributed by atoms with Crippen molar-refractivity contribution in [3.05, 3.63) is 0 Å². The van der Waals surface area contributed by atoms with Crippen LogP contribution in [0.15, 0.2) is 0 Å². The third kappa shape index (κ3) is 3.61. The molecule has 1 heterocycles. The molecule has 0 saturated carbocycles. The predicted octanol–water partition coefficient (Wildman–Crippen LogP) is 1.78. The normalized spacial score (nSPS) is 19.4. The molecule has 0 radical (unpaired) electrons. The van der Waals surface area contributed by atoms with Crippen molar-refractivity contribution in [1.29, 1.82) is 0 Å². The van der Waals surface area contributed by atoms with Gasteiger partial charge >= 0.3 is 12.0 Å². The quantitative estimate of drug-likeness (QED) is 0.799. The molecule has 1 fully saturated rings. The summed E-state index contributed by atoms with van der Waals surface area (Å²) in [5, 5.41) is 8.65. The monoisotopic (exact) mass is 242 g/mol. The second-order valence-corrected chi connectivity index (χ2v) is 4.40. The molecule has 0 aromatic carbocycles. The van der Waals surface area contributed by atoms with Crippen LogP contribution in [0.4, 0.5) is 4.79 Å². The molecule has 1 unspecified atom stereocenters. The zero-order valence-electron chi connectivity index (χ0n) is 10.7. The Bertz CT molecular complexity index is 281. The molecule has 2 amide bonds. The van der Waals surface area contributed by atoms with Gasteiger partial charge in [0.05, 0.1) is 6.42 Å². The van der Waals surface area contributed by atoms with Crippen molar-refractivity contribution in [2.24, 2.45) is 0 Å². The van der Waals surface area contributed by atoms with Crippen LogP contribution >= 0.6 is 0 Å². The lowest BCUT2D eigenvalue weighted by Crippen LogP contribution is -2.45. The average molecular weight is 242 g/mol. The van der Waals surface area contributed by atoms with Crippen LogP contribution in [0.2, 0.25) is 0 Å². The highest BCUT2D eigenvalue weighted by atomic mass is 16.4. The molecule has 0 aromatic rings. The molecular weight excluding hydrogens is 220 g/mol. The van der Waals surface area contributed by atoms with E-state index in [0.29, 0.717) is 19.1 Å². The SMILES string of the molecule is CCC1CCCN1C(=O)N(CC)CCC(=O)O. The van der Waals surface area contributed by atoms with Gasteiger partial charge in [0.25, 0.3) is 0 Å². The van der Waals surface area contributed by atoms with Gasteiger partial charge in [0.15, 0.2) is 0 Å². The number of rotatable bonds is 5. The van der Waals surface area contributed by atoms with Crippen LogP contribution in [-0.4, -0.2) is 52.6 Å². The number of carboxylic acids is 1. The van der Waals surface area contributed by atoms with E-state index in [0.717, 1.165) is 25.8 Å². The number of hydrogen-bond acceptors (Lipinski definition) is 2. The van der Waals surface area contributed by atoms with Gasteiger partial charge in [-0.05, 0) is 26.2 Å². The van der Waals surface area contributed by atoms with Gasteiger partial charge < -0.3 is 14.9 Å². The van der Waals surface area contributed by atoms with Crippen LogP contribution in [0.1, 0.15) is 39.5 Å². The zero-order valence-corrected chi connectivity index (χ0v) is 10.7. The molecule has 0 aromatic heterocycles. The second kappa shape index (κ2) is 6.47. The minimum Gasteiger partial charge on any atom is -0.481 e. The molecule has 1 rings (SSSR count). The van der Waals surface area contributed by atoms with Crippen LogP contribution < -0.4 is 0 Å². The first-order valence-corrected chi connectivity index (χ1v) is 6.37. The molecule has 1 aliphatic rings. The summed E-state index contributed by atoms with van der Waals surface area (Å²) >= 11 is 0. The summed E-state index contributed by atoms with van der Waals surface area (Å²) < 4.78 is 0. The molecule has 0 spiro atoms.